The van der Waals surface area contributed by atoms with Gasteiger partial charge in [0.15, 0.2) is 0 Å². The Bertz CT molecular complexity index is 627. The van der Waals surface area contributed by atoms with Crippen molar-refractivity contribution in [1.29, 1.82) is 0 Å². The van der Waals surface area contributed by atoms with Crippen LogP contribution in [0.5, 0.6) is 0 Å². The molecule has 0 amide bonds. The highest BCUT2D eigenvalue weighted by Crippen LogP contribution is 2.34. The van der Waals surface area contributed by atoms with Crippen molar-refractivity contribution >= 4 is 45.1 Å². The van der Waals surface area contributed by atoms with E-state index in [2.05, 4.69) is 22.2 Å². The number of ether oxygens (including phenoxy) is 1. The van der Waals surface area contributed by atoms with Crippen LogP contribution in [0.25, 0.3) is 10.2 Å². The molecule has 19 heavy (non-hydrogen) atoms. The molecule has 2 heterocycles. The molecule has 2 rings (SSSR count). The van der Waals surface area contributed by atoms with E-state index in [0.29, 0.717) is 26.2 Å². The molecule has 0 atom stereocenters. The quantitative estimate of drug-likeness (QED) is 0.693. The second-order valence-electron chi connectivity index (χ2n) is 3.99. The second kappa shape index (κ2) is 5.71. The summed E-state index contributed by atoms with van der Waals surface area (Å²) in [4.78, 5) is 21.4. The van der Waals surface area contributed by atoms with Gasteiger partial charge in [-0.15, -0.1) is 11.3 Å². The van der Waals surface area contributed by atoms with Gasteiger partial charge in [-0.25, -0.2) is 14.8 Å². The highest BCUT2D eigenvalue weighted by Gasteiger charge is 2.20. The van der Waals surface area contributed by atoms with E-state index < -0.39 is 0 Å². The van der Waals surface area contributed by atoms with E-state index in [1.165, 1.54) is 18.4 Å². The molecule has 102 valence electrons. The number of thiophene rings is 1. The Kier molecular flexibility index (Phi) is 4.21. The van der Waals surface area contributed by atoms with Gasteiger partial charge >= 0.3 is 5.97 Å². The lowest BCUT2D eigenvalue weighted by molar-refractivity contribution is 0.0605. The van der Waals surface area contributed by atoms with E-state index in [1.54, 1.807) is 0 Å². The summed E-state index contributed by atoms with van der Waals surface area (Å²) in [6.45, 7) is 4.65. The van der Waals surface area contributed by atoms with Crippen LogP contribution in [0.1, 0.15) is 28.6 Å². The fraction of sp³-hybridized carbons (Fsp3) is 0.417. The number of methoxy groups -OCH3 is 1. The van der Waals surface area contributed by atoms with Gasteiger partial charge in [-0.2, -0.15) is 0 Å². The highest BCUT2D eigenvalue weighted by molar-refractivity contribution is 7.20. The number of nitrogens with one attached hydrogen (secondary N) is 1. The number of aromatic nitrogens is 2. The lowest BCUT2D eigenvalue weighted by Crippen LogP contribution is -2.04. The maximum absolute atomic E-state index is 11.7. The van der Waals surface area contributed by atoms with E-state index in [1.807, 2.05) is 6.92 Å². The SMILES string of the molecule is CCCNc1nc(Cl)c2c(C)c(C(=O)OC)sc2n1. The van der Waals surface area contributed by atoms with Gasteiger partial charge in [0.05, 0.1) is 12.5 Å². The van der Waals surface area contributed by atoms with Crippen LogP contribution in [-0.2, 0) is 4.74 Å². The summed E-state index contributed by atoms with van der Waals surface area (Å²) < 4.78 is 4.75. The lowest BCUT2D eigenvalue weighted by atomic mass is 10.2. The van der Waals surface area contributed by atoms with Gasteiger partial charge in [0.1, 0.15) is 14.9 Å². The summed E-state index contributed by atoms with van der Waals surface area (Å²) >= 11 is 7.44. The summed E-state index contributed by atoms with van der Waals surface area (Å²) in [7, 11) is 1.35. The molecule has 0 aliphatic carbocycles. The van der Waals surface area contributed by atoms with Crippen molar-refractivity contribution in [3.8, 4) is 0 Å². The van der Waals surface area contributed by atoms with E-state index in [-0.39, 0.29) is 5.97 Å². The Hall–Kier alpha value is -1.40. The molecule has 0 spiro atoms. The Morgan fingerprint density at radius 2 is 2.21 bits per heavy atom. The van der Waals surface area contributed by atoms with Crippen LogP contribution < -0.4 is 5.32 Å². The first-order chi connectivity index (χ1) is 9.08. The molecular weight excluding hydrogens is 286 g/mol. The average Bonchev–Trinajstić information content (AvgIpc) is 2.73. The van der Waals surface area contributed by atoms with Gasteiger partial charge in [-0.05, 0) is 18.9 Å². The smallest absolute Gasteiger partial charge is 0.348 e. The van der Waals surface area contributed by atoms with Crippen molar-refractivity contribution < 1.29 is 9.53 Å². The predicted molar refractivity (Wildman–Crippen MR) is 77.3 cm³/mol. The third-order valence-electron chi connectivity index (χ3n) is 2.65. The van der Waals surface area contributed by atoms with Gasteiger partial charge in [0, 0.05) is 6.54 Å². The van der Waals surface area contributed by atoms with Gasteiger partial charge in [0.25, 0.3) is 0 Å². The lowest BCUT2D eigenvalue weighted by Gasteiger charge is -2.03. The minimum atomic E-state index is -0.375. The molecule has 0 unspecified atom stereocenters. The van der Waals surface area contributed by atoms with E-state index in [0.717, 1.165) is 18.5 Å². The molecular formula is C12H14ClN3O2S. The maximum Gasteiger partial charge on any atom is 0.348 e. The van der Waals surface area contributed by atoms with Gasteiger partial charge in [-0.1, -0.05) is 18.5 Å². The Balaban J connectivity index is 2.53. The average molecular weight is 300 g/mol. The zero-order valence-electron chi connectivity index (χ0n) is 10.9. The molecule has 2 aromatic heterocycles. The van der Waals surface area contributed by atoms with Crippen LogP contribution in [0.3, 0.4) is 0 Å². The van der Waals surface area contributed by atoms with Crippen molar-refractivity contribution in [3.63, 3.8) is 0 Å². The van der Waals surface area contributed by atoms with E-state index >= 15 is 0 Å². The zero-order chi connectivity index (χ0) is 14.0. The molecule has 5 nitrogen and oxygen atoms in total. The number of esters is 1. The summed E-state index contributed by atoms with van der Waals surface area (Å²) in [5.41, 5.74) is 0.763. The summed E-state index contributed by atoms with van der Waals surface area (Å²) in [6, 6.07) is 0. The summed E-state index contributed by atoms with van der Waals surface area (Å²) in [5, 5.41) is 4.15. The molecule has 2 aromatic rings. The molecule has 0 aliphatic heterocycles. The third-order valence-corrected chi connectivity index (χ3v) is 4.09. The second-order valence-corrected chi connectivity index (χ2v) is 5.35. The van der Waals surface area contributed by atoms with Crippen LogP contribution >= 0.6 is 22.9 Å². The maximum atomic E-state index is 11.7. The molecule has 0 radical (unpaired) electrons. The predicted octanol–water partition coefficient (Wildman–Crippen LogP) is 3.26. The molecule has 0 aliphatic rings. The van der Waals surface area contributed by atoms with Crippen molar-refractivity contribution in [2.24, 2.45) is 0 Å². The van der Waals surface area contributed by atoms with Gasteiger partial charge < -0.3 is 10.1 Å². The number of carbonyl (C=O) groups excluding carboxylic acids is 1. The topological polar surface area (TPSA) is 64.1 Å². The van der Waals surface area contributed by atoms with Crippen LogP contribution in [0.2, 0.25) is 5.15 Å². The number of anilines is 1. The Morgan fingerprint density at radius 1 is 1.47 bits per heavy atom. The number of carbonyl (C=O) groups is 1. The standard InChI is InChI=1S/C12H14ClN3O2S/c1-4-5-14-12-15-9(13)7-6(2)8(11(17)18-3)19-10(7)16-12/h4-5H2,1-3H3,(H,14,15,16). The van der Waals surface area contributed by atoms with Gasteiger partial charge in [-0.3, -0.25) is 0 Å². The van der Waals surface area contributed by atoms with E-state index in [4.69, 9.17) is 16.3 Å². The van der Waals surface area contributed by atoms with Crippen LogP contribution in [0, 0.1) is 6.92 Å². The van der Waals surface area contributed by atoms with Crippen molar-refractivity contribution in [2.75, 3.05) is 19.0 Å². The number of aryl methyl sites for hydroxylation is 1. The number of fused-ring (bicyclic) bond motifs is 1. The number of hydrogen-bond donors (Lipinski definition) is 1. The van der Waals surface area contributed by atoms with Gasteiger partial charge in [0.2, 0.25) is 5.95 Å². The van der Waals surface area contributed by atoms with Crippen molar-refractivity contribution in [3.05, 3.63) is 15.6 Å². The molecule has 0 saturated heterocycles. The van der Waals surface area contributed by atoms with Crippen LogP contribution in [0.4, 0.5) is 5.95 Å². The number of halogens is 1. The van der Waals surface area contributed by atoms with Crippen molar-refractivity contribution in [1.82, 2.24) is 9.97 Å². The molecule has 0 saturated carbocycles. The van der Waals surface area contributed by atoms with Crippen LogP contribution in [-0.4, -0.2) is 29.6 Å². The molecule has 0 aromatic carbocycles. The first-order valence-corrected chi connectivity index (χ1v) is 7.06. The summed E-state index contributed by atoms with van der Waals surface area (Å²) in [6.07, 6.45) is 0.968. The number of nitrogens with zero attached hydrogens (tertiary/aromatic N) is 2. The highest BCUT2D eigenvalue weighted by atomic mass is 35.5. The molecule has 1 N–H and O–H groups in total. The normalized spacial score (nSPS) is 10.7. The summed E-state index contributed by atoms with van der Waals surface area (Å²) in [5.74, 6) is 0.108. The largest absolute Gasteiger partial charge is 0.465 e. The minimum Gasteiger partial charge on any atom is -0.465 e. The number of rotatable bonds is 4. The van der Waals surface area contributed by atoms with Crippen molar-refractivity contribution in [2.45, 2.75) is 20.3 Å². The first-order valence-electron chi connectivity index (χ1n) is 5.87. The minimum absolute atomic E-state index is 0.354. The molecule has 0 fully saturated rings. The monoisotopic (exact) mass is 299 g/mol. The van der Waals surface area contributed by atoms with E-state index in [9.17, 15) is 4.79 Å². The Labute approximate surface area is 120 Å². The third kappa shape index (κ3) is 2.64. The zero-order valence-corrected chi connectivity index (χ0v) is 12.5. The molecule has 0 bridgehead atoms. The Morgan fingerprint density at radius 3 is 2.84 bits per heavy atom. The molecule has 7 heteroatoms. The number of hydrogen-bond acceptors (Lipinski definition) is 6. The fourth-order valence-corrected chi connectivity index (χ4v) is 3.16. The van der Waals surface area contributed by atoms with Crippen LogP contribution in [0.15, 0.2) is 0 Å². The fourth-order valence-electron chi connectivity index (χ4n) is 1.69. The first kappa shape index (κ1) is 14.0.